The van der Waals surface area contributed by atoms with Gasteiger partial charge < -0.3 is 30.3 Å². The van der Waals surface area contributed by atoms with Gasteiger partial charge in [-0.2, -0.15) is 0 Å². The standard InChI is InChI=1S/C27H29N3O7/c1-14(2)23(24(32)22-15(3)25(33)30-27(22)35)29-21(31)12-18(16-7-5-4-6-8-16)28-26(34)17-9-10-19-20(11-17)37-13-36-19/h4-11,14,18,23,30,33,35H,12-13H2,1-3H3,(H,28,34)(H,29,31)/t18-,23-/m0/s1. The van der Waals surface area contributed by atoms with Gasteiger partial charge in [0.1, 0.15) is 0 Å². The lowest BCUT2D eigenvalue weighted by molar-refractivity contribution is -0.122. The summed E-state index contributed by atoms with van der Waals surface area (Å²) in [5.41, 5.74) is 1.18. The molecule has 194 valence electrons. The molecule has 2 atom stereocenters. The fraction of sp³-hybridized carbons (Fsp3) is 0.296. The van der Waals surface area contributed by atoms with Crippen LogP contribution >= 0.6 is 0 Å². The molecule has 0 saturated heterocycles. The van der Waals surface area contributed by atoms with Gasteiger partial charge >= 0.3 is 0 Å². The molecule has 1 aliphatic rings. The molecule has 0 saturated carbocycles. The number of fused-ring (bicyclic) bond motifs is 1. The topological polar surface area (TPSA) is 150 Å². The molecule has 1 aliphatic heterocycles. The number of nitrogens with one attached hydrogen (secondary N) is 3. The van der Waals surface area contributed by atoms with E-state index in [0.717, 1.165) is 0 Å². The predicted octanol–water partition coefficient (Wildman–Crippen LogP) is 3.35. The van der Waals surface area contributed by atoms with E-state index in [1.54, 1.807) is 56.3 Å². The molecule has 37 heavy (non-hydrogen) atoms. The highest BCUT2D eigenvalue weighted by Crippen LogP contribution is 2.33. The smallest absolute Gasteiger partial charge is 0.251 e. The molecule has 10 nitrogen and oxygen atoms in total. The van der Waals surface area contributed by atoms with Crippen molar-refractivity contribution in [2.24, 2.45) is 5.92 Å². The number of amides is 2. The molecular weight excluding hydrogens is 478 g/mol. The van der Waals surface area contributed by atoms with Gasteiger partial charge in [-0.25, -0.2) is 0 Å². The van der Waals surface area contributed by atoms with Crippen LogP contribution in [0.15, 0.2) is 48.5 Å². The Hall–Kier alpha value is -4.47. The molecule has 1 aromatic heterocycles. The van der Waals surface area contributed by atoms with Crippen LogP contribution in [0, 0.1) is 12.8 Å². The average Bonchev–Trinajstić information content (AvgIpc) is 3.44. The summed E-state index contributed by atoms with van der Waals surface area (Å²) in [5, 5.41) is 25.6. The van der Waals surface area contributed by atoms with E-state index in [0.29, 0.717) is 22.6 Å². The monoisotopic (exact) mass is 507 g/mol. The Morgan fingerprint density at radius 3 is 2.32 bits per heavy atom. The summed E-state index contributed by atoms with van der Waals surface area (Å²) >= 11 is 0. The molecular formula is C27H29N3O7. The van der Waals surface area contributed by atoms with E-state index in [-0.39, 0.29) is 36.1 Å². The molecule has 0 bridgehead atoms. The van der Waals surface area contributed by atoms with Crippen molar-refractivity contribution in [3.63, 3.8) is 0 Å². The van der Waals surface area contributed by atoms with Gasteiger partial charge in [0.2, 0.25) is 18.6 Å². The lowest BCUT2D eigenvalue weighted by Gasteiger charge is -2.24. The van der Waals surface area contributed by atoms with Crippen LogP contribution < -0.4 is 20.1 Å². The van der Waals surface area contributed by atoms with Gasteiger partial charge in [0, 0.05) is 11.1 Å². The Labute approximate surface area is 213 Å². The average molecular weight is 508 g/mol. The number of ketones is 1. The minimum Gasteiger partial charge on any atom is -0.494 e. The molecule has 0 fully saturated rings. The number of aromatic amines is 1. The van der Waals surface area contributed by atoms with Crippen LogP contribution in [-0.2, 0) is 4.79 Å². The molecule has 2 aromatic carbocycles. The van der Waals surface area contributed by atoms with Gasteiger partial charge in [0.05, 0.1) is 24.1 Å². The SMILES string of the molecule is Cc1c(O)[nH]c(O)c1C(=O)[C@@H](NC(=O)C[C@H](NC(=O)c1ccc2c(c1)OCO2)c1ccccc1)C(C)C. The maximum Gasteiger partial charge on any atom is 0.251 e. The minimum atomic E-state index is -0.965. The maximum absolute atomic E-state index is 13.2. The number of hydrogen-bond acceptors (Lipinski definition) is 7. The highest BCUT2D eigenvalue weighted by Gasteiger charge is 2.31. The van der Waals surface area contributed by atoms with Crippen molar-refractivity contribution in [1.82, 2.24) is 15.6 Å². The zero-order valence-electron chi connectivity index (χ0n) is 20.7. The summed E-state index contributed by atoms with van der Waals surface area (Å²) < 4.78 is 10.6. The zero-order chi connectivity index (χ0) is 26.7. The number of Topliss-reactive ketones (excluding diaryl/α,β-unsaturated/α-hetero) is 1. The highest BCUT2D eigenvalue weighted by molar-refractivity contribution is 6.05. The Morgan fingerprint density at radius 1 is 0.973 bits per heavy atom. The Balaban J connectivity index is 1.52. The number of benzene rings is 2. The number of hydrogen-bond donors (Lipinski definition) is 5. The summed E-state index contributed by atoms with van der Waals surface area (Å²) in [5.74, 6) is -1.47. The van der Waals surface area contributed by atoms with E-state index in [9.17, 15) is 24.6 Å². The second-order valence-corrected chi connectivity index (χ2v) is 9.18. The van der Waals surface area contributed by atoms with Gasteiger partial charge in [-0.1, -0.05) is 44.2 Å². The highest BCUT2D eigenvalue weighted by atomic mass is 16.7. The fourth-order valence-electron chi connectivity index (χ4n) is 4.19. The molecule has 2 heterocycles. The van der Waals surface area contributed by atoms with E-state index in [1.165, 1.54) is 6.92 Å². The number of carbonyl (C=O) groups excluding carboxylic acids is 3. The van der Waals surface area contributed by atoms with E-state index < -0.39 is 35.6 Å². The Morgan fingerprint density at radius 2 is 1.68 bits per heavy atom. The minimum absolute atomic E-state index is 0.0766. The molecule has 0 radical (unpaired) electrons. The number of rotatable bonds is 9. The van der Waals surface area contributed by atoms with Crippen LogP contribution in [0.3, 0.4) is 0 Å². The summed E-state index contributed by atoms with van der Waals surface area (Å²) in [4.78, 5) is 41.7. The Kier molecular flexibility index (Phi) is 7.37. The van der Waals surface area contributed by atoms with Gasteiger partial charge in [0.25, 0.3) is 5.91 Å². The van der Waals surface area contributed by atoms with E-state index >= 15 is 0 Å². The van der Waals surface area contributed by atoms with Crippen molar-refractivity contribution in [3.8, 4) is 23.3 Å². The number of aromatic nitrogens is 1. The lowest BCUT2D eigenvalue weighted by Crippen LogP contribution is -2.45. The second-order valence-electron chi connectivity index (χ2n) is 9.18. The molecule has 5 N–H and O–H groups in total. The molecule has 2 amide bonds. The molecule has 0 aliphatic carbocycles. The van der Waals surface area contributed by atoms with Crippen LogP contribution in [0.2, 0.25) is 0 Å². The van der Waals surface area contributed by atoms with Crippen molar-refractivity contribution in [2.75, 3.05) is 6.79 Å². The van der Waals surface area contributed by atoms with Crippen molar-refractivity contribution in [1.29, 1.82) is 0 Å². The number of ether oxygens (including phenoxy) is 2. The summed E-state index contributed by atoms with van der Waals surface area (Å²) in [7, 11) is 0. The van der Waals surface area contributed by atoms with E-state index in [1.807, 2.05) is 6.07 Å². The third-order valence-corrected chi connectivity index (χ3v) is 6.25. The molecule has 0 unspecified atom stereocenters. The van der Waals surface area contributed by atoms with Crippen LogP contribution in [0.4, 0.5) is 0 Å². The zero-order valence-corrected chi connectivity index (χ0v) is 20.7. The first-order valence-electron chi connectivity index (χ1n) is 11.8. The van der Waals surface area contributed by atoms with Crippen LogP contribution in [0.5, 0.6) is 23.3 Å². The normalized spacial score (nSPS) is 13.7. The molecule has 4 rings (SSSR count). The maximum atomic E-state index is 13.2. The van der Waals surface area contributed by atoms with Gasteiger partial charge in [-0.15, -0.1) is 0 Å². The first-order valence-corrected chi connectivity index (χ1v) is 11.8. The predicted molar refractivity (Wildman–Crippen MR) is 134 cm³/mol. The van der Waals surface area contributed by atoms with Crippen LogP contribution in [-0.4, -0.2) is 45.6 Å². The van der Waals surface area contributed by atoms with Crippen molar-refractivity contribution in [3.05, 3.63) is 70.8 Å². The quantitative estimate of drug-likeness (QED) is 0.279. The van der Waals surface area contributed by atoms with E-state index in [2.05, 4.69) is 15.6 Å². The number of aromatic hydroxyl groups is 2. The third-order valence-electron chi connectivity index (χ3n) is 6.25. The first-order chi connectivity index (χ1) is 17.7. The fourth-order valence-corrected chi connectivity index (χ4v) is 4.19. The van der Waals surface area contributed by atoms with Gasteiger partial charge in [0.15, 0.2) is 23.2 Å². The molecule has 0 spiro atoms. The van der Waals surface area contributed by atoms with Crippen LogP contribution in [0.25, 0.3) is 0 Å². The third kappa shape index (κ3) is 5.53. The Bertz CT molecular complexity index is 1320. The summed E-state index contributed by atoms with van der Waals surface area (Å²) in [6, 6.07) is 12.2. The van der Waals surface area contributed by atoms with E-state index in [4.69, 9.17) is 9.47 Å². The summed E-state index contributed by atoms with van der Waals surface area (Å²) in [6.45, 7) is 5.10. The largest absolute Gasteiger partial charge is 0.494 e. The van der Waals surface area contributed by atoms with Gasteiger partial charge in [-0.05, 0) is 36.6 Å². The molecule has 10 heteroatoms. The van der Waals surface area contributed by atoms with Crippen LogP contribution in [0.1, 0.15) is 58.2 Å². The van der Waals surface area contributed by atoms with Crippen molar-refractivity contribution < 1.29 is 34.1 Å². The summed E-state index contributed by atoms with van der Waals surface area (Å²) in [6.07, 6.45) is -0.139. The number of carbonyl (C=O) groups is 3. The number of H-pyrrole nitrogens is 1. The van der Waals surface area contributed by atoms with Crippen molar-refractivity contribution in [2.45, 2.75) is 39.3 Å². The molecule has 3 aromatic rings. The van der Waals surface area contributed by atoms with Crippen molar-refractivity contribution >= 4 is 17.6 Å². The van der Waals surface area contributed by atoms with Gasteiger partial charge in [-0.3, -0.25) is 19.4 Å². The lowest BCUT2D eigenvalue weighted by atomic mass is 9.93. The first kappa shape index (κ1) is 25.6. The second kappa shape index (κ2) is 10.7.